The second-order valence-corrected chi connectivity index (χ2v) is 7.94. The molecule has 16 heavy (non-hydrogen) atoms. The van der Waals surface area contributed by atoms with Gasteiger partial charge in [-0.1, -0.05) is 27.7 Å². The molecule has 0 aromatic carbocycles. The van der Waals surface area contributed by atoms with E-state index in [1.165, 1.54) is 19.3 Å². The number of hydrogen-bond acceptors (Lipinski definition) is 2. The van der Waals surface area contributed by atoms with Gasteiger partial charge in [-0.25, -0.2) is 0 Å². The van der Waals surface area contributed by atoms with Crippen LogP contribution in [0.5, 0.6) is 0 Å². The van der Waals surface area contributed by atoms with E-state index >= 15 is 0 Å². The quantitative estimate of drug-likeness (QED) is 0.722. The zero-order valence-corrected chi connectivity index (χ0v) is 12.1. The molecular formula is C14H29NO. The van der Waals surface area contributed by atoms with E-state index in [1.807, 2.05) is 0 Å². The topological polar surface area (TPSA) is 21.3 Å². The molecule has 1 N–H and O–H groups in total. The molecule has 0 aromatic heterocycles. The third-order valence-electron chi connectivity index (χ3n) is 3.09. The Bertz CT molecular complexity index is 222. The lowest BCUT2D eigenvalue weighted by Crippen LogP contribution is -2.46. The Morgan fingerprint density at radius 1 is 1.00 bits per heavy atom. The minimum Gasteiger partial charge on any atom is -0.296 e. The lowest BCUT2D eigenvalue weighted by Gasteiger charge is -2.45. The first-order valence-electron chi connectivity index (χ1n) is 6.43. The molecule has 0 radical (unpaired) electrons. The maximum Gasteiger partial charge on any atom is 0.0813 e. The van der Waals surface area contributed by atoms with Crippen LogP contribution in [-0.2, 0) is 4.84 Å². The number of rotatable bonds is 2. The molecule has 0 unspecified atom stereocenters. The molecule has 1 rings (SSSR count). The van der Waals surface area contributed by atoms with E-state index in [1.54, 1.807) is 0 Å². The smallest absolute Gasteiger partial charge is 0.0813 e. The highest BCUT2D eigenvalue weighted by atomic mass is 16.7. The summed E-state index contributed by atoms with van der Waals surface area (Å²) >= 11 is 0. The summed E-state index contributed by atoms with van der Waals surface area (Å²) < 4.78 is 0. The van der Waals surface area contributed by atoms with E-state index in [0.29, 0.717) is 16.9 Å². The van der Waals surface area contributed by atoms with Crippen molar-refractivity contribution in [2.45, 2.75) is 79.4 Å². The van der Waals surface area contributed by atoms with Gasteiger partial charge in [0.2, 0.25) is 0 Å². The number of nitrogens with one attached hydrogen (secondary N) is 1. The summed E-state index contributed by atoms with van der Waals surface area (Å²) in [5, 5.41) is 0. The Balaban J connectivity index is 2.55. The fourth-order valence-electron chi connectivity index (χ4n) is 3.19. The van der Waals surface area contributed by atoms with Crippen molar-refractivity contribution in [2.24, 2.45) is 10.8 Å². The van der Waals surface area contributed by atoms with Gasteiger partial charge in [-0.15, -0.1) is 0 Å². The third-order valence-corrected chi connectivity index (χ3v) is 3.09. The fraction of sp³-hybridized carbons (Fsp3) is 1.00. The molecule has 2 heteroatoms. The van der Waals surface area contributed by atoms with Crippen LogP contribution in [0.25, 0.3) is 0 Å². The Kier molecular flexibility index (Phi) is 3.76. The molecule has 2 nitrogen and oxygen atoms in total. The Hall–Kier alpha value is -0.0800. The highest BCUT2D eigenvalue weighted by Gasteiger charge is 2.38. The van der Waals surface area contributed by atoms with Crippen molar-refractivity contribution in [3.8, 4) is 0 Å². The van der Waals surface area contributed by atoms with Crippen LogP contribution in [0.1, 0.15) is 67.7 Å². The zero-order valence-electron chi connectivity index (χ0n) is 12.1. The summed E-state index contributed by atoms with van der Waals surface area (Å²) in [6.07, 6.45) is 3.70. The molecule has 0 aromatic rings. The van der Waals surface area contributed by atoms with Crippen LogP contribution >= 0.6 is 0 Å². The van der Waals surface area contributed by atoms with E-state index in [0.717, 1.165) is 0 Å². The van der Waals surface area contributed by atoms with E-state index in [2.05, 4.69) is 53.9 Å². The summed E-state index contributed by atoms with van der Waals surface area (Å²) in [5.74, 6) is 0. The van der Waals surface area contributed by atoms with Crippen LogP contribution in [0.2, 0.25) is 0 Å². The van der Waals surface area contributed by atoms with Gasteiger partial charge >= 0.3 is 0 Å². The summed E-state index contributed by atoms with van der Waals surface area (Å²) in [6, 6.07) is 0.484. The molecule has 0 heterocycles. The second kappa shape index (κ2) is 4.30. The Labute approximate surface area is 101 Å². The van der Waals surface area contributed by atoms with Crippen molar-refractivity contribution < 1.29 is 4.84 Å². The normalized spacial score (nSPS) is 25.7. The molecule has 0 amide bonds. The highest BCUT2D eigenvalue weighted by Crippen LogP contribution is 2.45. The molecule has 0 spiro atoms. The lowest BCUT2D eigenvalue weighted by molar-refractivity contribution is -0.108. The average molecular weight is 227 g/mol. The molecule has 1 saturated carbocycles. The first-order valence-corrected chi connectivity index (χ1v) is 6.43. The van der Waals surface area contributed by atoms with E-state index in [-0.39, 0.29) is 5.60 Å². The Morgan fingerprint density at radius 3 is 1.81 bits per heavy atom. The van der Waals surface area contributed by atoms with Crippen molar-refractivity contribution in [3.05, 3.63) is 0 Å². The van der Waals surface area contributed by atoms with Crippen LogP contribution in [0, 0.1) is 10.8 Å². The summed E-state index contributed by atoms with van der Waals surface area (Å²) in [7, 11) is 0. The van der Waals surface area contributed by atoms with Gasteiger partial charge in [0.15, 0.2) is 0 Å². The van der Waals surface area contributed by atoms with Crippen LogP contribution in [-0.4, -0.2) is 11.6 Å². The predicted octanol–water partition coefficient (Wildman–Crippen LogP) is 3.91. The molecule has 96 valence electrons. The van der Waals surface area contributed by atoms with Crippen LogP contribution in [0.3, 0.4) is 0 Å². The van der Waals surface area contributed by atoms with E-state index in [9.17, 15) is 0 Å². The zero-order chi connectivity index (χ0) is 12.6. The fourth-order valence-corrected chi connectivity index (χ4v) is 3.19. The van der Waals surface area contributed by atoms with E-state index < -0.39 is 0 Å². The minimum absolute atomic E-state index is 0.105. The van der Waals surface area contributed by atoms with Crippen molar-refractivity contribution in [1.29, 1.82) is 0 Å². The molecule has 1 aliphatic carbocycles. The standard InChI is InChI=1S/C14H29NO/c1-12(2,3)16-15-11-8-13(4,5)10-14(6,7)9-11/h11,15H,8-10H2,1-7H3. The van der Waals surface area contributed by atoms with Gasteiger partial charge in [-0.05, 0) is 50.9 Å². The highest BCUT2D eigenvalue weighted by molar-refractivity contribution is 4.91. The second-order valence-electron chi connectivity index (χ2n) is 7.94. The van der Waals surface area contributed by atoms with Crippen LogP contribution < -0.4 is 5.48 Å². The number of hydroxylamine groups is 1. The molecule has 1 fully saturated rings. The number of hydrogen-bond donors (Lipinski definition) is 1. The van der Waals surface area contributed by atoms with Crippen molar-refractivity contribution >= 4 is 0 Å². The monoisotopic (exact) mass is 227 g/mol. The van der Waals surface area contributed by atoms with Gasteiger partial charge in [0, 0.05) is 6.04 Å². The third kappa shape index (κ3) is 4.84. The summed E-state index contributed by atoms with van der Waals surface area (Å²) in [4.78, 5) is 5.71. The summed E-state index contributed by atoms with van der Waals surface area (Å²) in [5.41, 5.74) is 4.00. The lowest BCUT2D eigenvalue weighted by atomic mass is 9.64. The van der Waals surface area contributed by atoms with Crippen LogP contribution in [0.4, 0.5) is 0 Å². The summed E-state index contributed by atoms with van der Waals surface area (Å²) in [6.45, 7) is 15.7. The van der Waals surface area contributed by atoms with Crippen molar-refractivity contribution in [2.75, 3.05) is 0 Å². The first-order chi connectivity index (χ1) is 6.99. The largest absolute Gasteiger partial charge is 0.296 e. The van der Waals surface area contributed by atoms with Gasteiger partial charge in [0.05, 0.1) is 5.60 Å². The minimum atomic E-state index is -0.105. The van der Waals surface area contributed by atoms with Gasteiger partial charge in [0.1, 0.15) is 0 Å². The molecule has 0 bridgehead atoms. The first kappa shape index (κ1) is 14.0. The molecular weight excluding hydrogens is 198 g/mol. The Morgan fingerprint density at radius 2 is 1.44 bits per heavy atom. The van der Waals surface area contributed by atoms with Gasteiger partial charge in [-0.3, -0.25) is 4.84 Å². The molecule has 0 saturated heterocycles. The average Bonchev–Trinajstić information content (AvgIpc) is 1.93. The molecule has 1 aliphatic rings. The van der Waals surface area contributed by atoms with Crippen LogP contribution in [0.15, 0.2) is 0 Å². The SMILES string of the molecule is CC1(C)CC(NOC(C)(C)C)CC(C)(C)C1. The van der Waals surface area contributed by atoms with Gasteiger partial charge in [0.25, 0.3) is 0 Å². The molecule has 0 aliphatic heterocycles. The molecule has 0 atom stereocenters. The van der Waals surface area contributed by atoms with Crippen molar-refractivity contribution in [1.82, 2.24) is 5.48 Å². The maximum atomic E-state index is 5.71. The van der Waals surface area contributed by atoms with Gasteiger partial charge in [-0.2, -0.15) is 5.48 Å². The predicted molar refractivity (Wildman–Crippen MR) is 69.2 cm³/mol. The van der Waals surface area contributed by atoms with E-state index in [4.69, 9.17) is 4.84 Å². The van der Waals surface area contributed by atoms with Gasteiger partial charge < -0.3 is 0 Å². The maximum absolute atomic E-state index is 5.71. The van der Waals surface area contributed by atoms with Crippen molar-refractivity contribution in [3.63, 3.8) is 0 Å².